The molecular weight excluding hydrogens is 1110 g/mol. The van der Waals surface area contributed by atoms with Gasteiger partial charge in [-0.15, -0.1) is 0 Å². The smallest absolute Gasteiger partial charge is 0.199 e. The minimum atomic E-state index is -1.64. The Morgan fingerprint density at radius 3 is 0.641 bits per heavy atom. The number of hydrogen-bond donors (Lipinski definition) is 0. The SMILES string of the molecule is COC1(C#Cc2ccc(C(C)(C)C)cc2)c2cc(C#Cc3ccc(C(C)(C)C)cc3)cc3c(C#Cc4ccc(C(C)(C)C)cc4)c(C#Cc4ccc(C(C)(C)C)cc4)c4cc(C#Cc5ccc(C(C)(C)C)cc5)cc(c4c23)C1(C#Cc1ccc(C(C)(C)C)cc1)OC. The maximum atomic E-state index is 7.31. The van der Waals surface area contributed by atoms with Gasteiger partial charge in [-0.1, -0.05) is 268 Å². The molecule has 0 saturated heterocycles. The van der Waals surface area contributed by atoms with Crippen LogP contribution in [0.4, 0.5) is 0 Å². The monoisotopic (exact) mass is 1200 g/mol. The quantitative estimate of drug-likeness (QED) is 0.127. The number of hydrogen-bond acceptors (Lipinski definition) is 2. The second kappa shape index (κ2) is 24.8. The van der Waals surface area contributed by atoms with Crippen LogP contribution in [0.5, 0.6) is 0 Å². The molecule has 0 saturated carbocycles. The summed E-state index contributed by atoms with van der Waals surface area (Å²) in [7, 11) is 3.46. The van der Waals surface area contributed by atoms with Crippen molar-refractivity contribution in [2.45, 2.75) is 168 Å². The first-order valence-electron chi connectivity index (χ1n) is 32.2. The lowest BCUT2D eigenvalue weighted by atomic mass is 9.65. The Bertz CT molecular complexity index is 4400. The molecule has 92 heavy (non-hydrogen) atoms. The lowest BCUT2D eigenvalue weighted by Crippen LogP contribution is -2.52. The maximum absolute atomic E-state index is 7.31. The van der Waals surface area contributed by atoms with E-state index in [4.69, 9.17) is 9.47 Å². The molecule has 9 aromatic carbocycles. The molecule has 0 fully saturated rings. The standard InChI is InChI=1S/C90H88O2/c1-83(2,3)69-39-25-61(26-40-69)21-23-67-57-77-75(51-37-63-29-43-71(44-30-63)85(7,8)9)76(52-38-64-31-45-72(46-32-64)86(10,11)12)78-58-68(24-22-62-27-41-70(42-28-62)84(4,5)6)60-80-82(78)81(77)79(59-67)89(91-19,55-53-65-33-47-73(48-34-65)87(13,14)15)90(80,92-20)56-54-66-35-49-74(50-36-66)88(16,17)18/h25-36,39-50,57-60H,1-20H3. The molecule has 2 atom stereocenters. The first-order chi connectivity index (χ1) is 43.2. The van der Waals surface area contributed by atoms with E-state index in [2.05, 4.69) is 366 Å². The molecule has 0 radical (unpaired) electrons. The molecule has 0 amide bonds. The molecule has 0 heterocycles. The van der Waals surface area contributed by atoms with E-state index in [1.54, 1.807) is 14.2 Å². The largest absolute Gasteiger partial charge is 0.357 e. The molecule has 2 unspecified atom stereocenters. The van der Waals surface area contributed by atoms with Crippen molar-refractivity contribution in [3.8, 4) is 71.0 Å². The van der Waals surface area contributed by atoms with Crippen molar-refractivity contribution in [2.75, 3.05) is 14.2 Å². The van der Waals surface area contributed by atoms with Gasteiger partial charge in [0, 0.05) is 91.8 Å². The van der Waals surface area contributed by atoms with Crippen LogP contribution in [0.15, 0.2) is 170 Å². The van der Waals surface area contributed by atoms with E-state index in [1.807, 2.05) is 0 Å². The van der Waals surface area contributed by atoms with Crippen molar-refractivity contribution in [1.29, 1.82) is 0 Å². The Morgan fingerprint density at radius 1 is 0.239 bits per heavy atom. The number of rotatable bonds is 2. The van der Waals surface area contributed by atoms with Gasteiger partial charge in [0.2, 0.25) is 0 Å². The third-order valence-corrected chi connectivity index (χ3v) is 17.8. The van der Waals surface area contributed by atoms with E-state index >= 15 is 0 Å². The Kier molecular flexibility index (Phi) is 17.7. The summed E-state index contributed by atoms with van der Waals surface area (Å²) in [5.41, 5.74) is 13.4. The van der Waals surface area contributed by atoms with E-state index in [9.17, 15) is 0 Å². The van der Waals surface area contributed by atoms with E-state index in [1.165, 1.54) is 33.4 Å². The van der Waals surface area contributed by atoms with Gasteiger partial charge in [0.25, 0.3) is 0 Å². The Morgan fingerprint density at radius 2 is 0.435 bits per heavy atom. The third kappa shape index (κ3) is 13.7. The zero-order valence-electron chi connectivity index (χ0n) is 58.0. The second-order valence-electron chi connectivity index (χ2n) is 30.9. The minimum absolute atomic E-state index is 0.0192. The van der Waals surface area contributed by atoms with Gasteiger partial charge in [-0.3, -0.25) is 0 Å². The zero-order chi connectivity index (χ0) is 66.4. The fraction of sp³-hybridized carbons (Fsp3) is 0.311. The fourth-order valence-corrected chi connectivity index (χ4v) is 11.9. The van der Waals surface area contributed by atoms with Gasteiger partial charge >= 0.3 is 0 Å². The van der Waals surface area contributed by atoms with Gasteiger partial charge in [0.05, 0.1) is 0 Å². The second-order valence-corrected chi connectivity index (χ2v) is 30.9. The van der Waals surface area contributed by atoms with Crippen molar-refractivity contribution in [3.63, 3.8) is 0 Å². The van der Waals surface area contributed by atoms with Crippen LogP contribution in [0.2, 0.25) is 0 Å². The van der Waals surface area contributed by atoms with Crippen LogP contribution in [0, 0.1) is 71.0 Å². The summed E-state index contributed by atoms with van der Waals surface area (Å²) < 4.78 is 14.6. The lowest BCUT2D eigenvalue weighted by Gasteiger charge is -2.47. The van der Waals surface area contributed by atoms with Gasteiger partial charge in [-0.05, 0) is 174 Å². The normalized spacial score (nSPS) is 15.5. The Labute approximate surface area is 551 Å². The highest BCUT2D eigenvalue weighted by molar-refractivity contribution is 6.18. The van der Waals surface area contributed by atoms with Crippen LogP contribution >= 0.6 is 0 Å². The maximum Gasteiger partial charge on any atom is 0.199 e. The highest BCUT2D eigenvalue weighted by atomic mass is 16.5. The summed E-state index contributed by atoms with van der Waals surface area (Å²) in [5, 5.41) is 3.48. The van der Waals surface area contributed by atoms with E-state index in [0.717, 1.165) is 88.3 Å². The van der Waals surface area contributed by atoms with Crippen LogP contribution in [0.3, 0.4) is 0 Å². The van der Waals surface area contributed by atoms with Gasteiger partial charge in [-0.25, -0.2) is 0 Å². The highest BCUT2D eigenvalue weighted by Crippen LogP contribution is 2.56. The van der Waals surface area contributed by atoms with E-state index < -0.39 is 11.2 Å². The first kappa shape index (κ1) is 65.7. The van der Waals surface area contributed by atoms with Crippen molar-refractivity contribution >= 4 is 21.5 Å². The fourth-order valence-electron chi connectivity index (χ4n) is 11.9. The molecule has 10 rings (SSSR count). The predicted molar refractivity (Wildman–Crippen MR) is 387 cm³/mol. The van der Waals surface area contributed by atoms with Gasteiger partial charge < -0.3 is 9.47 Å². The molecule has 460 valence electrons. The van der Waals surface area contributed by atoms with Crippen LogP contribution in [-0.4, -0.2) is 14.2 Å². The minimum Gasteiger partial charge on any atom is -0.357 e. The lowest BCUT2D eigenvalue weighted by molar-refractivity contribution is -0.132. The Balaban J connectivity index is 1.41. The van der Waals surface area contributed by atoms with Crippen LogP contribution in [0.1, 0.15) is 225 Å². The molecule has 0 bridgehead atoms. The van der Waals surface area contributed by atoms with Crippen molar-refractivity contribution in [1.82, 2.24) is 0 Å². The molecular formula is C90H88O2. The first-order valence-corrected chi connectivity index (χ1v) is 32.2. The summed E-state index contributed by atoms with van der Waals surface area (Å²) in [6.07, 6.45) is 0. The molecule has 1 aliphatic carbocycles. The summed E-state index contributed by atoms with van der Waals surface area (Å²) in [6.45, 7) is 40.1. The molecule has 2 nitrogen and oxygen atoms in total. The van der Waals surface area contributed by atoms with Crippen molar-refractivity contribution in [2.24, 2.45) is 0 Å². The molecule has 0 N–H and O–H groups in total. The Hall–Kier alpha value is -9.22. The van der Waals surface area contributed by atoms with Crippen LogP contribution in [0.25, 0.3) is 21.5 Å². The number of benzene rings is 9. The van der Waals surface area contributed by atoms with Gasteiger partial charge in [0.15, 0.2) is 11.2 Å². The third-order valence-electron chi connectivity index (χ3n) is 17.8. The van der Waals surface area contributed by atoms with Crippen molar-refractivity contribution < 1.29 is 9.47 Å². The van der Waals surface area contributed by atoms with Crippen LogP contribution in [-0.2, 0) is 53.2 Å². The molecule has 0 spiro atoms. The van der Waals surface area contributed by atoms with Crippen LogP contribution < -0.4 is 0 Å². The summed E-state index contributed by atoms with van der Waals surface area (Å²) in [4.78, 5) is 0. The molecule has 9 aromatic rings. The highest BCUT2D eigenvalue weighted by Gasteiger charge is 2.58. The van der Waals surface area contributed by atoms with E-state index in [0.29, 0.717) is 0 Å². The van der Waals surface area contributed by atoms with E-state index in [-0.39, 0.29) is 32.5 Å². The molecule has 1 aliphatic rings. The molecule has 0 aromatic heterocycles. The van der Waals surface area contributed by atoms with Gasteiger partial charge in [0.1, 0.15) is 0 Å². The predicted octanol–water partition coefficient (Wildman–Crippen LogP) is 20.2. The summed E-state index contributed by atoms with van der Waals surface area (Å²) in [5.74, 6) is 44.5. The molecule has 2 heteroatoms. The average Bonchev–Trinajstić information content (AvgIpc) is 0.675. The van der Waals surface area contributed by atoms with Crippen molar-refractivity contribution in [3.05, 3.63) is 270 Å². The zero-order valence-corrected chi connectivity index (χ0v) is 58.0. The average molecular weight is 1200 g/mol. The summed E-state index contributed by atoms with van der Waals surface area (Å²) in [6, 6.07) is 60.1. The summed E-state index contributed by atoms with van der Waals surface area (Å²) >= 11 is 0. The number of ether oxygens (including phenoxy) is 2. The number of methoxy groups -OCH3 is 2. The topological polar surface area (TPSA) is 18.5 Å². The molecule has 0 aliphatic heterocycles. The van der Waals surface area contributed by atoms with Gasteiger partial charge in [-0.2, -0.15) is 0 Å².